The van der Waals surface area contributed by atoms with Crippen LogP contribution in [-0.2, 0) is 47.5 Å². The first-order chi connectivity index (χ1) is 22.3. The van der Waals surface area contributed by atoms with Crippen molar-refractivity contribution in [3.05, 3.63) is 193 Å². The fraction of sp³-hybridized carbons (Fsp3) is 0.0270. The van der Waals surface area contributed by atoms with Crippen LogP contribution in [-0.4, -0.2) is 39.1 Å². The molecule has 8 nitrogen and oxygen atoms in total. The van der Waals surface area contributed by atoms with Gasteiger partial charge in [-0.05, 0) is 52.4 Å². The van der Waals surface area contributed by atoms with E-state index in [1.54, 1.807) is 24.8 Å². The quantitative estimate of drug-likeness (QED) is 0.138. The van der Waals surface area contributed by atoms with Crippen LogP contribution in [0.1, 0.15) is 22.3 Å². The van der Waals surface area contributed by atoms with Gasteiger partial charge in [-0.15, -0.1) is 46.5 Å². The minimum Gasteiger partial charge on any atom is -0.266 e. The molecule has 8 aromatic rings. The van der Waals surface area contributed by atoms with E-state index in [4.69, 9.17) is 0 Å². The van der Waals surface area contributed by atoms with Crippen molar-refractivity contribution in [3.63, 3.8) is 0 Å². The number of rotatable bonds is 8. The van der Waals surface area contributed by atoms with Crippen LogP contribution in [0.3, 0.4) is 0 Å². The Bertz CT molecular complexity index is 1860. The SMILES string of the molecule is [Pt+2].[Pt+2].[c-]1c(-n2cccn2)cccc1C(c1[c-]c(-n2cccn2)ccc1)(c1[c-]c(-n2cccn2)ccc1)c1[c-]c(-n2cccn2)ccc1. The van der Waals surface area contributed by atoms with Crippen LogP contribution in [0, 0.1) is 24.3 Å². The monoisotopic (exact) mass is 970 g/mol. The summed E-state index contributed by atoms with van der Waals surface area (Å²) in [7, 11) is 0. The summed E-state index contributed by atoms with van der Waals surface area (Å²) < 4.78 is 7.25. The molecule has 232 valence electrons. The second-order valence-electron chi connectivity index (χ2n) is 10.4. The Morgan fingerprint density at radius 1 is 0.362 bits per heavy atom. The zero-order valence-electron chi connectivity index (χ0n) is 24.6. The molecule has 0 bridgehead atoms. The number of aromatic nitrogens is 8. The molecule has 0 fully saturated rings. The average molecular weight is 971 g/mol. The van der Waals surface area contributed by atoms with E-state index < -0.39 is 5.41 Å². The van der Waals surface area contributed by atoms with Crippen molar-refractivity contribution in [1.29, 1.82) is 0 Å². The molecule has 0 atom stereocenters. The number of hydrogen-bond donors (Lipinski definition) is 0. The van der Waals surface area contributed by atoms with E-state index in [1.807, 2.05) is 116 Å². The van der Waals surface area contributed by atoms with Gasteiger partial charge in [0.25, 0.3) is 0 Å². The minimum absolute atomic E-state index is 0. The molecule has 4 aromatic heterocycles. The summed E-state index contributed by atoms with van der Waals surface area (Å²) in [6.07, 6.45) is 14.7. The maximum absolute atomic E-state index is 4.50. The Morgan fingerprint density at radius 2 is 0.617 bits per heavy atom. The Morgan fingerprint density at radius 3 is 0.830 bits per heavy atom. The van der Waals surface area contributed by atoms with Gasteiger partial charge in [0.2, 0.25) is 0 Å². The van der Waals surface area contributed by atoms with Gasteiger partial charge in [0, 0.05) is 49.6 Å². The van der Waals surface area contributed by atoms with Crippen molar-refractivity contribution in [2.24, 2.45) is 0 Å². The van der Waals surface area contributed by atoms with Crippen LogP contribution < -0.4 is 0 Å². The van der Waals surface area contributed by atoms with Gasteiger partial charge in [0.15, 0.2) is 0 Å². The molecular formula is C37H24N8Pt2. The van der Waals surface area contributed by atoms with E-state index in [1.165, 1.54) is 0 Å². The van der Waals surface area contributed by atoms with Crippen LogP contribution in [0.25, 0.3) is 22.7 Å². The Balaban J connectivity index is 0.00000193. The second kappa shape index (κ2) is 13.8. The van der Waals surface area contributed by atoms with Gasteiger partial charge in [-0.1, -0.05) is 0 Å². The van der Waals surface area contributed by atoms with Crippen LogP contribution in [0.2, 0.25) is 0 Å². The molecule has 0 saturated heterocycles. The molecule has 4 aromatic carbocycles. The second-order valence-corrected chi connectivity index (χ2v) is 10.4. The molecule has 10 heteroatoms. The molecule has 0 N–H and O–H groups in total. The number of hydrogen-bond acceptors (Lipinski definition) is 4. The van der Waals surface area contributed by atoms with Crippen LogP contribution in [0.15, 0.2) is 147 Å². The Labute approximate surface area is 300 Å². The Kier molecular flexibility index (Phi) is 9.44. The molecule has 0 amide bonds. The third kappa shape index (κ3) is 5.91. The van der Waals surface area contributed by atoms with E-state index >= 15 is 0 Å². The first-order valence-corrected chi connectivity index (χ1v) is 14.4. The topological polar surface area (TPSA) is 71.3 Å². The normalized spacial score (nSPS) is 11.1. The van der Waals surface area contributed by atoms with Gasteiger partial charge >= 0.3 is 42.1 Å². The van der Waals surface area contributed by atoms with Crippen molar-refractivity contribution < 1.29 is 42.1 Å². The van der Waals surface area contributed by atoms with Gasteiger partial charge in [-0.3, -0.25) is 18.7 Å². The van der Waals surface area contributed by atoms with E-state index in [0.29, 0.717) is 0 Å². The molecule has 0 aliphatic carbocycles. The van der Waals surface area contributed by atoms with Crippen molar-refractivity contribution in [1.82, 2.24) is 39.1 Å². The standard InChI is InChI=1S/C37H24N8.2Pt/c1-9-29(25-33(13-1)42-21-5-17-38-42)37(30-10-2-14-34(26-30)43-22-6-18-39-43,31-11-3-15-35(27-31)44-23-7-19-40-44)32-12-4-16-36(28-32)45-24-8-20-41-45;;/h1-24H;;/q-4;2*+2. The third-order valence-corrected chi connectivity index (χ3v) is 7.74. The van der Waals surface area contributed by atoms with Crippen molar-refractivity contribution in [3.8, 4) is 22.7 Å². The fourth-order valence-corrected chi connectivity index (χ4v) is 5.75. The maximum atomic E-state index is 4.50. The van der Waals surface area contributed by atoms with E-state index in [0.717, 1.165) is 45.0 Å². The molecular weight excluding hydrogens is 947 g/mol. The number of benzene rings is 4. The van der Waals surface area contributed by atoms with E-state index in [2.05, 4.69) is 68.9 Å². The first-order valence-electron chi connectivity index (χ1n) is 14.4. The molecule has 47 heavy (non-hydrogen) atoms. The molecule has 0 aliphatic heterocycles. The molecule has 4 heterocycles. The summed E-state index contributed by atoms with van der Waals surface area (Å²) in [6.45, 7) is 0. The molecule has 0 radical (unpaired) electrons. The predicted molar refractivity (Wildman–Crippen MR) is 169 cm³/mol. The maximum Gasteiger partial charge on any atom is 2.00 e. The largest absolute Gasteiger partial charge is 2.00 e. The van der Waals surface area contributed by atoms with Gasteiger partial charge in [0.05, 0.1) is 0 Å². The van der Waals surface area contributed by atoms with Gasteiger partial charge in [-0.25, -0.2) is 0 Å². The smallest absolute Gasteiger partial charge is 0.266 e. The van der Waals surface area contributed by atoms with Crippen molar-refractivity contribution in [2.45, 2.75) is 5.41 Å². The fourth-order valence-electron chi connectivity index (χ4n) is 5.75. The van der Waals surface area contributed by atoms with Crippen LogP contribution in [0.4, 0.5) is 0 Å². The summed E-state index contributed by atoms with van der Waals surface area (Å²) in [5, 5.41) is 18.0. The molecule has 8 rings (SSSR count). The summed E-state index contributed by atoms with van der Waals surface area (Å²) in [5.74, 6) is 0. The molecule has 0 aliphatic rings. The predicted octanol–water partition coefficient (Wildman–Crippen LogP) is 6.01. The number of nitrogens with zero attached hydrogens (tertiary/aromatic N) is 8. The van der Waals surface area contributed by atoms with Gasteiger partial charge in [-0.2, -0.15) is 93.2 Å². The average Bonchev–Trinajstić information content (AvgIpc) is 3.95. The van der Waals surface area contributed by atoms with E-state index in [9.17, 15) is 0 Å². The zero-order chi connectivity index (χ0) is 30.1. The summed E-state index contributed by atoms with van der Waals surface area (Å²) >= 11 is 0. The summed E-state index contributed by atoms with van der Waals surface area (Å²) in [5.41, 5.74) is 5.69. The van der Waals surface area contributed by atoms with Crippen molar-refractivity contribution >= 4 is 0 Å². The molecule has 0 unspecified atom stereocenters. The zero-order valence-corrected chi connectivity index (χ0v) is 29.1. The molecule has 0 saturated carbocycles. The first kappa shape index (κ1) is 32.1. The van der Waals surface area contributed by atoms with Gasteiger partial charge < -0.3 is 0 Å². The third-order valence-electron chi connectivity index (χ3n) is 7.74. The minimum atomic E-state index is -0.987. The Hall–Kier alpha value is -4.90. The van der Waals surface area contributed by atoms with Gasteiger partial charge in [0.1, 0.15) is 0 Å². The van der Waals surface area contributed by atoms with Crippen LogP contribution >= 0.6 is 0 Å². The van der Waals surface area contributed by atoms with E-state index in [-0.39, 0.29) is 42.1 Å². The van der Waals surface area contributed by atoms with Crippen molar-refractivity contribution in [2.75, 3.05) is 0 Å². The van der Waals surface area contributed by atoms with Crippen LogP contribution in [0.5, 0.6) is 0 Å². The summed E-state index contributed by atoms with van der Waals surface area (Å²) in [6, 6.07) is 47.0. The molecule has 0 spiro atoms. The summed E-state index contributed by atoms with van der Waals surface area (Å²) in [4.78, 5) is 0.